The van der Waals surface area contributed by atoms with Crippen molar-refractivity contribution in [3.63, 3.8) is 0 Å². The van der Waals surface area contributed by atoms with Crippen LogP contribution in [0.4, 0.5) is 5.69 Å². The maximum atomic E-state index is 13.6. The van der Waals surface area contributed by atoms with Crippen molar-refractivity contribution in [1.82, 2.24) is 9.80 Å². The van der Waals surface area contributed by atoms with Crippen LogP contribution in [0.3, 0.4) is 0 Å². The Morgan fingerprint density at radius 1 is 0.921 bits per heavy atom. The molecule has 0 atom stereocenters. The lowest BCUT2D eigenvalue weighted by atomic mass is 10.1. The summed E-state index contributed by atoms with van der Waals surface area (Å²) in [4.78, 5) is 17.5. The van der Waals surface area contributed by atoms with Crippen LogP contribution in [0.5, 0.6) is 17.2 Å². The number of nitrogens with zero attached hydrogens (tertiary/aromatic N) is 3. The minimum Gasteiger partial charge on any atom is -0.494 e. The molecule has 0 saturated carbocycles. The molecule has 0 aromatic heterocycles. The molecule has 0 aliphatic carbocycles. The smallest absolute Gasteiger partial charge is 0.264 e. The van der Waals surface area contributed by atoms with E-state index in [2.05, 4.69) is 4.90 Å². The molecule has 1 saturated heterocycles. The van der Waals surface area contributed by atoms with Gasteiger partial charge < -0.3 is 19.1 Å². The fourth-order valence-corrected chi connectivity index (χ4v) is 6.00. The summed E-state index contributed by atoms with van der Waals surface area (Å²) in [5.74, 6) is 1.87. The van der Waals surface area contributed by atoms with E-state index in [0.717, 1.165) is 23.6 Å². The van der Waals surface area contributed by atoms with E-state index in [9.17, 15) is 13.2 Å². The van der Waals surface area contributed by atoms with Gasteiger partial charge in [0.05, 0.1) is 17.2 Å². The summed E-state index contributed by atoms with van der Waals surface area (Å²) >= 11 is 0. The molecule has 0 radical (unpaired) electrons. The largest absolute Gasteiger partial charge is 0.494 e. The number of hydrogen-bond donors (Lipinski definition) is 0. The van der Waals surface area contributed by atoms with Gasteiger partial charge in [-0.25, -0.2) is 8.42 Å². The number of para-hydroxylation sites is 1. The Bertz CT molecular complexity index is 1360. The second-order valence-corrected chi connectivity index (χ2v) is 11.0. The summed E-state index contributed by atoms with van der Waals surface area (Å²) in [6, 6.07) is 20.9. The lowest BCUT2D eigenvalue weighted by molar-refractivity contribution is -0.131. The Kier molecular flexibility index (Phi) is 7.71. The third-order valence-electron chi connectivity index (χ3n) is 6.61. The van der Waals surface area contributed by atoms with Crippen molar-refractivity contribution >= 4 is 21.6 Å². The van der Waals surface area contributed by atoms with E-state index in [-0.39, 0.29) is 24.1 Å². The molecular weight excluding hydrogens is 506 g/mol. The van der Waals surface area contributed by atoms with Gasteiger partial charge in [-0.15, -0.1) is 0 Å². The number of hydrogen-bond acceptors (Lipinski definition) is 7. The van der Waals surface area contributed by atoms with Gasteiger partial charge in [0.1, 0.15) is 12.3 Å². The van der Waals surface area contributed by atoms with E-state index in [1.807, 2.05) is 31.2 Å². The van der Waals surface area contributed by atoms with Gasteiger partial charge in [0.15, 0.2) is 11.5 Å². The fraction of sp³-hybridized carbons (Fsp3) is 0.321. The Morgan fingerprint density at radius 3 is 2.34 bits per heavy atom. The maximum absolute atomic E-state index is 13.6. The van der Waals surface area contributed by atoms with Crippen LogP contribution < -0.4 is 18.5 Å². The highest BCUT2D eigenvalue weighted by Gasteiger charge is 2.30. The Hall–Kier alpha value is -3.76. The van der Waals surface area contributed by atoms with E-state index >= 15 is 0 Å². The average molecular weight is 538 g/mol. The normalized spacial score (nSPS) is 15.3. The van der Waals surface area contributed by atoms with Crippen LogP contribution in [-0.2, 0) is 21.4 Å². The average Bonchev–Trinajstić information content (AvgIpc) is 3.41. The number of ether oxygens (including phenoxy) is 3. The number of piperazine rings is 1. The summed E-state index contributed by atoms with van der Waals surface area (Å²) in [5, 5.41) is 0. The van der Waals surface area contributed by atoms with Crippen molar-refractivity contribution in [2.75, 3.05) is 50.4 Å². The lowest BCUT2D eigenvalue weighted by Gasteiger charge is -2.36. The number of anilines is 1. The van der Waals surface area contributed by atoms with E-state index in [1.165, 1.54) is 16.4 Å². The van der Waals surface area contributed by atoms with Gasteiger partial charge in [0.2, 0.25) is 12.7 Å². The summed E-state index contributed by atoms with van der Waals surface area (Å²) in [7, 11) is -3.98. The maximum Gasteiger partial charge on any atom is 0.264 e. The molecule has 3 aromatic rings. The first kappa shape index (κ1) is 25.9. The second-order valence-electron chi connectivity index (χ2n) is 9.10. The molecular formula is C28H31N3O6S. The molecule has 3 aromatic carbocycles. The Morgan fingerprint density at radius 2 is 1.63 bits per heavy atom. The van der Waals surface area contributed by atoms with E-state index in [0.29, 0.717) is 44.2 Å². The molecule has 0 bridgehead atoms. The van der Waals surface area contributed by atoms with Gasteiger partial charge in [-0.2, -0.15) is 0 Å². The first-order chi connectivity index (χ1) is 18.4. The fourth-order valence-electron chi connectivity index (χ4n) is 4.59. The monoisotopic (exact) mass is 537 g/mol. The standard InChI is InChI=1S/C28H31N3O6S/c1-2-35-24-9-11-25(12-10-24)38(33,34)31(23-6-4-3-5-7-23)20-28(32)30-16-14-29(15-17-30)19-22-8-13-26-27(18-22)37-21-36-26/h3-13,18H,2,14-17,19-21H2,1H3. The Labute approximate surface area is 223 Å². The molecule has 38 heavy (non-hydrogen) atoms. The van der Waals surface area contributed by atoms with Crippen LogP contribution in [0.1, 0.15) is 12.5 Å². The zero-order valence-corrected chi connectivity index (χ0v) is 22.1. The zero-order chi connectivity index (χ0) is 26.5. The molecule has 9 nitrogen and oxygen atoms in total. The van der Waals surface area contributed by atoms with E-state index < -0.39 is 10.0 Å². The van der Waals surface area contributed by atoms with Crippen molar-refractivity contribution in [2.45, 2.75) is 18.4 Å². The van der Waals surface area contributed by atoms with Gasteiger partial charge in [0, 0.05) is 32.7 Å². The number of carbonyl (C=O) groups is 1. The summed E-state index contributed by atoms with van der Waals surface area (Å²) in [6.45, 7) is 5.49. The molecule has 1 fully saturated rings. The quantitative estimate of drug-likeness (QED) is 0.414. The Balaban J connectivity index is 1.25. The molecule has 5 rings (SSSR count). The predicted octanol–water partition coefficient (Wildman–Crippen LogP) is 3.35. The molecule has 0 unspecified atom stereocenters. The van der Waals surface area contributed by atoms with Gasteiger partial charge in [-0.05, 0) is 61.0 Å². The summed E-state index contributed by atoms with van der Waals surface area (Å²) in [6.07, 6.45) is 0. The van der Waals surface area contributed by atoms with E-state index in [1.54, 1.807) is 41.3 Å². The minimum atomic E-state index is -3.98. The number of fused-ring (bicyclic) bond motifs is 1. The number of carbonyl (C=O) groups excluding carboxylic acids is 1. The third kappa shape index (κ3) is 5.71. The van der Waals surface area contributed by atoms with Gasteiger partial charge in [-0.1, -0.05) is 24.3 Å². The molecule has 200 valence electrons. The first-order valence-corrected chi connectivity index (χ1v) is 14.1. The summed E-state index contributed by atoms with van der Waals surface area (Å²) in [5.41, 5.74) is 1.56. The van der Waals surface area contributed by atoms with Crippen molar-refractivity contribution in [2.24, 2.45) is 0 Å². The van der Waals surface area contributed by atoms with Gasteiger partial charge in [0.25, 0.3) is 10.0 Å². The highest BCUT2D eigenvalue weighted by atomic mass is 32.2. The van der Waals surface area contributed by atoms with Crippen molar-refractivity contribution in [3.05, 3.63) is 78.4 Å². The highest BCUT2D eigenvalue weighted by Crippen LogP contribution is 2.33. The number of benzene rings is 3. The molecule has 0 N–H and O–H groups in total. The second kappa shape index (κ2) is 11.3. The van der Waals surface area contributed by atoms with Crippen LogP contribution >= 0.6 is 0 Å². The lowest BCUT2D eigenvalue weighted by Crippen LogP contribution is -2.51. The van der Waals surface area contributed by atoms with Crippen molar-refractivity contribution < 1.29 is 27.4 Å². The van der Waals surface area contributed by atoms with Crippen LogP contribution in [0.25, 0.3) is 0 Å². The minimum absolute atomic E-state index is 0.103. The number of sulfonamides is 1. The third-order valence-corrected chi connectivity index (χ3v) is 8.40. The molecule has 1 amide bonds. The van der Waals surface area contributed by atoms with Gasteiger partial charge >= 0.3 is 0 Å². The zero-order valence-electron chi connectivity index (χ0n) is 21.3. The molecule has 2 aliphatic rings. The molecule has 10 heteroatoms. The first-order valence-electron chi connectivity index (χ1n) is 12.6. The molecule has 2 heterocycles. The summed E-state index contributed by atoms with van der Waals surface area (Å²) < 4.78 is 44.8. The van der Waals surface area contributed by atoms with Crippen molar-refractivity contribution in [1.29, 1.82) is 0 Å². The van der Waals surface area contributed by atoms with Crippen LogP contribution in [0.2, 0.25) is 0 Å². The number of amides is 1. The predicted molar refractivity (Wildman–Crippen MR) is 143 cm³/mol. The topological polar surface area (TPSA) is 88.6 Å². The van der Waals surface area contributed by atoms with E-state index in [4.69, 9.17) is 14.2 Å². The van der Waals surface area contributed by atoms with Gasteiger partial charge in [-0.3, -0.25) is 14.0 Å². The van der Waals surface area contributed by atoms with Crippen molar-refractivity contribution in [3.8, 4) is 17.2 Å². The molecule has 0 spiro atoms. The van der Waals surface area contributed by atoms with Crippen LogP contribution in [0.15, 0.2) is 77.7 Å². The SMILES string of the molecule is CCOc1ccc(S(=O)(=O)N(CC(=O)N2CCN(Cc3ccc4c(c3)OCO4)CC2)c2ccccc2)cc1. The van der Waals surface area contributed by atoms with Crippen LogP contribution in [0, 0.1) is 0 Å². The van der Waals surface area contributed by atoms with Crippen LogP contribution in [-0.4, -0.2) is 70.2 Å². The highest BCUT2D eigenvalue weighted by molar-refractivity contribution is 7.92. The molecule has 2 aliphatic heterocycles. The number of rotatable bonds is 9.